The highest BCUT2D eigenvalue weighted by molar-refractivity contribution is 9.10. The maximum absolute atomic E-state index is 12.4. The number of esters is 1. The standard InChI is InChI=1S/C20H23BrO6/c1-5-24-18(22)13(10-12-6-8-14(21)9-7-12)11-15-16(23-4)17-19(25-15)27-20(2,3)26-17/h6-11,16-17,19H,5H2,1-4H3/b13-10-,15-11-/t16-,17+,19+/m0/s1. The molecule has 0 bridgehead atoms. The predicted octanol–water partition coefficient (Wildman–Crippen LogP) is 3.80. The molecule has 0 aliphatic carbocycles. The Morgan fingerprint density at radius 2 is 1.96 bits per heavy atom. The van der Waals surface area contributed by atoms with Crippen LogP contribution in [0.1, 0.15) is 26.3 Å². The predicted molar refractivity (Wildman–Crippen MR) is 103 cm³/mol. The van der Waals surface area contributed by atoms with Gasteiger partial charge in [0.1, 0.15) is 11.9 Å². The van der Waals surface area contributed by atoms with Crippen LogP contribution in [0.2, 0.25) is 0 Å². The second-order valence-corrected chi connectivity index (χ2v) is 7.58. The average molecular weight is 439 g/mol. The monoisotopic (exact) mass is 438 g/mol. The third-order valence-electron chi connectivity index (χ3n) is 4.17. The van der Waals surface area contributed by atoms with E-state index in [0.29, 0.717) is 11.3 Å². The maximum atomic E-state index is 12.4. The number of methoxy groups -OCH3 is 1. The Kier molecular flexibility index (Phi) is 6.05. The Hall–Kier alpha value is -1.67. The van der Waals surface area contributed by atoms with Crippen molar-refractivity contribution >= 4 is 28.0 Å². The van der Waals surface area contributed by atoms with E-state index in [-0.39, 0.29) is 6.61 Å². The van der Waals surface area contributed by atoms with E-state index in [0.717, 1.165) is 10.0 Å². The molecular weight excluding hydrogens is 416 g/mol. The summed E-state index contributed by atoms with van der Waals surface area (Å²) in [6.45, 7) is 5.69. The lowest BCUT2D eigenvalue weighted by atomic mass is 10.1. The Morgan fingerprint density at radius 1 is 1.26 bits per heavy atom. The van der Waals surface area contributed by atoms with Crippen molar-refractivity contribution in [3.8, 4) is 0 Å². The molecule has 0 amide bonds. The molecule has 1 aromatic carbocycles. The quantitative estimate of drug-likeness (QED) is 0.514. The van der Waals surface area contributed by atoms with Crippen molar-refractivity contribution in [2.75, 3.05) is 13.7 Å². The highest BCUT2D eigenvalue weighted by Gasteiger charge is 2.53. The Morgan fingerprint density at radius 3 is 2.59 bits per heavy atom. The van der Waals surface area contributed by atoms with Crippen LogP contribution in [-0.4, -0.2) is 44.0 Å². The molecular formula is C20H23BrO6. The topological polar surface area (TPSA) is 63.2 Å². The molecule has 0 unspecified atom stereocenters. The van der Waals surface area contributed by atoms with Crippen molar-refractivity contribution in [3.05, 3.63) is 51.7 Å². The number of carbonyl (C=O) groups is 1. The number of fused-ring (bicyclic) bond motifs is 1. The number of benzene rings is 1. The van der Waals surface area contributed by atoms with E-state index in [2.05, 4.69) is 15.9 Å². The number of carbonyl (C=O) groups excluding carboxylic acids is 1. The van der Waals surface area contributed by atoms with E-state index < -0.39 is 30.3 Å². The van der Waals surface area contributed by atoms with Gasteiger partial charge in [-0.25, -0.2) is 4.79 Å². The van der Waals surface area contributed by atoms with Crippen LogP contribution in [0.4, 0.5) is 0 Å². The summed E-state index contributed by atoms with van der Waals surface area (Å²) in [7, 11) is 1.57. The summed E-state index contributed by atoms with van der Waals surface area (Å²) < 4.78 is 29.2. The third kappa shape index (κ3) is 4.60. The van der Waals surface area contributed by atoms with E-state index >= 15 is 0 Å². The van der Waals surface area contributed by atoms with Gasteiger partial charge < -0.3 is 23.7 Å². The Labute approximate surface area is 167 Å². The molecule has 0 radical (unpaired) electrons. The van der Waals surface area contributed by atoms with Gasteiger partial charge in [0.2, 0.25) is 6.29 Å². The first-order chi connectivity index (χ1) is 12.8. The molecule has 0 aromatic heterocycles. The zero-order valence-corrected chi connectivity index (χ0v) is 17.3. The minimum atomic E-state index is -0.741. The van der Waals surface area contributed by atoms with E-state index in [1.54, 1.807) is 26.2 Å². The molecule has 2 saturated heterocycles. The van der Waals surface area contributed by atoms with Crippen LogP contribution in [0.25, 0.3) is 6.08 Å². The molecule has 6 nitrogen and oxygen atoms in total. The molecule has 3 atom stereocenters. The van der Waals surface area contributed by atoms with Crippen molar-refractivity contribution in [2.24, 2.45) is 0 Å². The zero-order valence-electron chi connectivity index (χ0n) is 15.7. The second-order valence-electron chi connectivity index (χ2n) is 6.66. The van der Waals surface area contributed by atoms with Gasteiger partial charge in [-0.2, -0.15) is 0 Å². The van der Waals surface area contributed by atoms with Crippen molar-refractivity contribution in [2.45, 2.75) is 45.1 Å². The van der Waals surface area contributed by atoms with Gasteiger partial charge in [-0.15, -0.1) is 0 Å². The van der Waals surface area contributed by atoms with Crippen LogP contribution in [0, 0.1) is 0 Å². The number of ether oxygens (including phenoxy) is 5. The lowest BCUT2D eigenvalue weighted by Crippen LogP contribution is -2.30. The molecule has 146 valence electrons. The molecule has 2 aliphatic rings. The lowest BCUT2D eigenvalue weighted by Gasteiger charge is -2.21. The third-order valence-corrected chi connectivity index (χ3v) is 4.70. The summed E-state index contributed by atoms with van der Waals surface area (Å²) in [5.74, 6) is -0.709. The van der Waals surface area contributed by atoms with Gasteiger partial charge in [0.05, 0.1) is 12.2 Å². The highest BCUT2D eigenvalue weighted by Crippen LogP contribution is 2.40. The van der Waals surface area contributed by atoms with E-state index in [1.165, 1.54) is 0 Å². The lowest BCUT2D eigenvalue weighted by molar-refractivity contribution is -0.190. The fourth-order valence-electron chi connectivity index (χ4n) is 3.05. The SMILES string of the molecule is CCOC(=O)C(=C\c1ccc(Br)cc1)/C=C1\O[C@@H]2OC(C)(C)O[C@@H]2[C@H]1OC. The van der Waals surface area contributed by atoms with Crippen LogP contribution >= 0.6 is 15.9 Å². The van der Waals surface area contributed by atoms with Crippen molar-refractivity contribution in [1.82, 2.24) is 0 Å². The van der Waals surface area contributed by atoms with Gasteiger partial charge in [0.25, 0.3) is 0 Å². The summed E-state index contributed by atoms with van der Waals surface area (Å²) in [5, 5.41) is 0. The molecule has 2 aliphatic heterocycles. The van der Waals surface area contributed by atoms with Crippen LogP contribution < -0.4 is 0 Å². The second kappa shape index (κ2) is 8.14. The fourth-order valence-corrected chi connectivity index (χ4v) is 3.31. The molecule has 7 heteroatoms. The average Bonchev–Trinajstić information content (AvgIpc) is 3.07. The van der Waals surface area contributed by atoms with Crippen LogP contribution in [0.15, 0.2) is 46.1 Å². The number of hydrogen-bond acceptors (Lipinski definition) is 6. The van der Waals surface area contributed by atoms with Crippen molar-refractivity contribution in [1.29, 1.82) is 0 Å². The molecule has 2 heterocycles. The Bertz CT molecular complexity index is 752. The molecule has 3 rings (SSSR count). The first kappa shape index (κ1) is 20.1. The minimum Gasteiger partial charge on any atom is -0.463 e. The first-order valence-electron chi connectivity index (χ1n) is 8.74. The van der Waals surface area contributed by atoms with E-state index in [9.17, 15) is 4.79 Å². The number of rotatable bonds is 5. The summed E-state index contributed by atoms with van der Waals surface area (Å²) in [6, 6.07) is 7.60. The summed E-state index contributed by atoms with van der Waals surface area (Å²) in [5.41, 5.74) is 1.22. The molecule has 0 N–H and O–H groups in total. The van der Waals surface area contributed by atoms with Crippen LogP contribution in [-0.2, 0) is 28.5 Å². The van der Waals surface area contributed by atoms with Crippen molar-refractivity contribution < 1.29 is 28.5 Å². The van der Waals surface area contributed by atoms with Gasteiger partial charge in [-0.1, -0.05) is 28.1 Å². The van der Waals surface area contributed by atoms with Gasteiger partial charge in [0.15, 0.2) is 11.9 Å². The van der Waals surface area contributed by atoms with Gasteiger partial charge >= 0.3 is 5.97 Å². The largest absolute Gasteiger partial charge is 0.463 e. The smallest absolute Gasteiger partial charge is 0.338 e. The first-order valence-corrected chi connectivity index (χ1v) is 9.53. The van der Waals surface area contributed by atoms with Crippen molar-refractivity contribution in [3.63, 3.8) is 0 Å². The van der Waals surface area contributed by atoms with Gasteiger partial charge in [-0.05, 0) is 50.6 Å². The van der Waals surface area contributed by atoms with Crippen LogP contribution in [0.5, 0.6) is 0 Å². The fraction of sp³-hybridized carbons (Fsp3) is 0.450. The van der Waals surface area contributed by atoms with E-state index in [1.807, 2.05) is 38.1 Å². The number of hydrogen-bond donors (Lipinski definition) is 0. The maximum Gasteiger partial charge on any atom is 0.338 e. The van der Waals surface area contributed by atoms with Gasteiger partial charge in [-0.3, -0.25) is 0 Å². The summed E-state index contributed by atoms with van der Waals surface area (Å²) in [4.78, 5) is 12.4. The van der Waals surface area contributed by atoms with Gasteiger partial charge in [0, 0.05) is 11.6 Å². The Balaban J connectivity index is 1.91. The molecule has 0 spiro atoms. The number of halogens is 1. The molecule has 1 aromatic rings. The minimum absolute atomic E-state index is 0.278. The highest BCUT2D eigenvalue weighted by atomic mass is 79.9. The van der Waals surface area contributed by atoms with E-state index in [4.69, 9.17) is 23.7 Å². The molecule has 27 heavy (non-hydrogen) atoms. The van der Waals surface area contributed by atoms with Crippen LogP contribution in [0.3, 0.4) is 0 Å². The zero-order chi connectivity index (χ0) is 19.6. The summed E-state index contributed by atoms with van der Waals surface area (Å²) >= 11 is 3.40. The normalized spacial score (nSPS) is 28.1. The molecule has 0 saturated carbocycles. The molecule has 2 fully saturated rings. The summed E-state index contributed by atoms with van der Waals surface area (Å²) in [6.07, 6.45) is 1.93.